The molecule has 2 aromatic heterocycles. The summed E-state index contributed by atoms with van der Waals surface area (Å²) in [5, 5.41) is 11.2. The third-order valence-electron chi connectivity index (χ3n) is 5.90. The van der Waals surface area contributed by atoms with Gasteiger partial charge in [0.1, 0.15) is 0 Å². The maximum atomic E-state index is 13.1. The van der Waals surface area contributed by atoms with Gasteiger partial charge in [-0.3, -0.25) is 9.59 Å². The van der Waals surface area contributed by atoms with E-state index >= 15 is 0 Å². The normalized spacial score (nSPS) is 21.6. The van der Waals surface area contributed by atoms with Crippen LogP contribution in [0.15, 0.2) is 16.8 Å². The first-order valence-electron chi connectivity index (χ1n) is 10.6. The number of amides is 2. The van der Waals surface area contributed by atoms with Crippen LogP contribution in [0.4, 0.5) is 0 Å². The molecule has 0 spiro atoms. The standard InChI is InChI=1S/C21H29N5O3.ClH/c1-13(2)18-16-9-15(11-24-20(16)29-25-18)21(28)26-8-4-5-14(12-26)10-23-19(27)17-6-3-7-22-17;/h9,11,13-14,17,22H,3-8,10,12H2,1-2H3,(H,23,27);1H. The summed E-state index contributed by atoms with van der Waals surface area (Å²) >= 11 is 0. The molecule has 4 heterocycles. The van der Waals surface area contributed by atoms with Crippen molar-refractivity contribution in [2.45, 2.75) is 51.5 Å². The molecule has 0 aromatic carbocycles. The van der Waals surface area contributed by atoms with E-state index < -0.39 is 0 Å². The zero-order valence-electron chi connectivity index (χ0n) is 17.5. The highest BCUT2D eigenvalue weighted by atomic mass is 35.5. The number of hydrogen-bond acceptors (Lipinski definition) is 6. The van der Waals surface area contributed by atoms with Gasteiger partial charge in [0.2, 0.25) is 5.91 Å². The van der Waals surface area contributed by atoms with E-state index in [2.05, 4.69) is 20.8 Å². The maximum Gasteiger partial charge on any atom is 0.257 e. The maximum absolute atomic E-state index is 13.1. The zero-order chi connectivity index (χ0) is 20.4. The van der Waals surface area contributed by atoms with Crippen molar-refractivity contribution in [1.29, 1.82) is 0 Å². The van der Waals surface area contributed by atoms with Crippen LogP contribution in [0.1, 0.15) is 61.5 Å². The average molecular weight is 436 g/mol. The second-order valence-corrected chi connectivity index (χ2v) is 8.45. The van der Waals surface area contributed by atoms with E-state index in [4.69, 9.17) is 4.52 Å². The van der Waals surface area contributed by atoms with Crippen molar-refractivity contribution < 1.29 is 14.1 Å². The van der Waals surface area contributed by atoms with Gasteiger partial charge in [0.15, 0.2) is 0 Å². The molecule has 0 bridgehead atoms. The Labute approximate surface area is 182 Å². The summed E-state index contributed by atoms with van der Waals surface area (Å²) in [5.74, 6) is 0.523. The lowest BCUT2D eigenvalue weighted by Crippen LogP contribution is -2.46. The Bertz CT molecular complexity index is 894. The van der Waals surface area contributed by atoms with E-state index in [9.17, 15) is 9.59 Å². The molecule has 2 aliphatic rings. The zero-order valence-corrected chi connectivity index (χ0v) is 18.3. The Morgan fingerprint density at radius 2 is 2.17 bits per heavy atom. The van der Waals surface area contributed by atoms with Gasteiger partial charge in [-0.1, -0.05) is 19.0 Å². The van der Waals surface area contributed by atoms with Crippen molar-refractivity contribution in [3.05, 3.63) is 23.5 Å². The second kappa shape index (κ2) is 9.75. The molecule has 4 rings (SSSR count). The van der Waals surface area contributed by atoms with Gasteiger partial charge in [0.25, 0.3) is 11.6 Å². The number of hydrogen-bond donors (Lipinski definition) is 2. The Kier molecular flexibility index (Phi) is 7.31. The summed E-state index contributed by atoms with van der Waals surface area (Å²) in [4.78, 5) is 31.5. The fourth-order valence-electron chi connectivity index (χ4n) is 4.26. The summed E-state index contributed by atoms with van der Waals surface area (Å²) < 4.78 is 5.27. The van der Waals surface area contributed by atoms with Gasteiger partial charge in [0.05, 0.1) is 22.7 Å². The molecule has 8 nitrogen and oxygen atoms in total. The van der Waals surface area contributed by atoms with Gasteiger partial charge in [-0.15, -0.1) is 12.4 Å². The van der Waals surface area contributed by atoms with Gasteiger partial charge in [0, 0.05) is 25.8 Å². The lowest BCUT2D eigenvalue weighted by molar-refractivity contribution is -0.123. The molecule has 2 amide bonds. The fraction of sp³-hybridized carbons (Fsp3) is 0.619. The quantitative estimate of drug-likeness (QED) is 0.748. The number of carbonyl (C=O) groups is 2. The number of rotatable bonds is 5. The predicted octanol–water partition coefficient (Wildman–Crippen LogP) is 2.49. The molecule has 2 aliphatic heterocycles. The van der Waals surface area contributed by atoms with Crippen LogP contribution in [0.3, 0.4) is 0 Å². The molecule has 9 heteroatoms. The van der Waals surface area contributed by atoms with Crippen molar-refractivity contribution in [3.63, 3.8) is 0 Å². The third kappa shape index (κ3) is 4.75. The largest absolute Gasteiger partial charge is 0.354 e. The third-order valence-corrected chi connectivity index (χ3v) is 5.90. The van der Waals surface area contributed by atoms with E-state index in [1.165, 1.54) is 0 Å². The molecule has 2 saturated heterocycles. The minimum absolute atomic E-state index is 0. The molecular formula is C21H30ClN5O3. The molecule has 0 aliphatic carbocycles. The van der Waals surface area contributed by atoms with Gasteiger partial charge < -0.3 is 20.1 Å². The van der Waals surface area contributed by atoms with Crippen LogP contribution in [0.5, 0.6) is 0 Å². The molecule has 2 N–H and O–H groups in total. The molecule has 0 saturated carbocycles. The lowest BCUT2D eigenvalue weighted by Gasteiger charge is -2.33. The average Bonchev–Trinajstić information content (AvgIpc) is 3.41. The number of fused-ring (bicyclic) bond motifs is 1. The van der Waals surface area contributed by atoms with Gasteiger partial charge in [-0.25, -0.2) is 4.98 Å². The van der Waals surface area contributed by atoms with E-state index in [1.54, 1.807) is 6.20 Å². The van der Waals surface area contributed by atoms with Crippen molar-refractivity contribution in [3.8, 4) is 0 Å². The molecule has 2 atom stereocenters. The second-order valence-electron chi connectivity index (χ2n) is 8.45. The number of pyridine rings is 1. The predicted molar refractivity (Wildman–Crippen MR) is 116 cm³/mol. The smallest absolute Gasteiger partial charge is 0.257 e. The lowest BCUT2D eigenvalue weighted by atomic mass is 9.97. The van der Waals surface area contributed by atoms with E-state index in [-0.39, 0.29) is 42.1 Å². The SMILES string of the molecule is CC(C)c1noc2ncc(C(=O)N3CCCC(CNC(=O)C4CCCN4)C3)cc12.Cl. The summed E-state index contributed by atoms with van der Waals surface area (Å²) in [5.41, 5.74) is 1.84. The molecule has 2 aromatic rings. The van der Waals surface area contributed by atoms with Crippen molar-refractivity contribution in [2.24, 2.45) is 5.92 Å². The first-order chi connectivity index (χ1) is 14.0. The van der Waals surface area contributed by atoms with Gasteiger partial charge in [-0.2, -0.15) is 0 Å². The first-order valence-corrected chi connectivity index (χ1v) is 10.6. The number of nitrogens with one attached hydrogen (secondary N) is 2. The highest BCUT2D eigenvalue weighted by Gasteiger charge is 2.27. The number of piperidine rings is 1. The van der Waals surface area contributed by atoms with E-state index in [0.29, 0.717) is 24.4 Å². The van der Waals surface area contributed by atoms with Crippen LogP contribution in [0.25, 0.3) is 11.1 Å². The van der Waals surface area contributed by atoms with Crippen LogP contribution in [-0.4, -0.2) is 59.1 Å². The van der Waals surface area contributed by atoms with Crippen molar-refractivity contribution >= 4 is 35.3 Å². The summed E-state index contributed by atoms with van der Waals surface area (Å²) in [6, 6.07) is 1.78. The van der Waals surface area contributed by atoms with E-state index in [1.807, 2.05) is 24.8 Å². The highest BCUT2D eigenvalue weighted by Crippen LogP contribution is 2.25. The van der Waals surface area contributed by atoms with Crippen molar-refractivity contribution in [1.82, 2.24) is 25.7 Å². The molecule has 164 valence electrons. The van der Waals surface area contributed by atoms with Gasteiger partial charge in [-0.05, 0) is 50.1 Å². The Morgan fingerprint density at radius 1 is 1.33 bits per heavy atom. The Hall–Kier alpha value is -2.19. The number of likely N-dealkylation sites (tertiary alicyclic amines) is 1. The number of halogens is 1. The minimum Gasteiger partial charge on any atom is -0.354 e. The summed E-state index contributed by atoms with van der Waals surface area (Å²) in [6.45, 7) is 6.98. The highest BCUT2D eigenvalue weighted by molar-refractivity contribution is 5.97. The van der Waals surface area contributed by atoms with Crippen LogP contribution in [0.2, 0.25) is 0 Å². The van der Waals surface area contributed by atoms with Crippen LogP contribution in [-0.2, 0) is 4.79 Å². The Balaban J connectivity index is 0.00000256. The van der Waals surface area contributed by atoms with Gasteiger partial charge >= 0.3 is 0 Å². The molecule has 0 radical (unpaired) electrons. The van der Waals surface area contributed by atoms with Crippen LogP contribution < -0.4 is 10.6 Å². The Morgan fingerprint density at radius 3 is 2.90 bits per heavy atom. The number of aromatic nitrogens is 2. The van der Waals surface area contributed by atoms with Crippen molar-refractivity contribution in [2.75, 3.05) is 26.2 Å². The van der Waals surface area contributed by atoms with E-state index in [0.717, 1.165) is 49.9 Å². The van der Waals surface area contributed by atoms with Crippen LogP contribution in [0, 0.1) is 5.92 Å². The fourth-order valence-corrected chi connectivity index (χ4v) is 4.26. The van der Waals surface area contributed by atoms with Crippen LogP contribution >= 0.6 is 12.4 Å². The minimum atomic E-state index is -0.0622. The molecule has 2 unspecified atom stereocenters. The first kappa shape index (κ1) is 22.5. The number of carbonyl (C=O) groups excluding carboxylic acids is 2. The number of nitrogens with zero attached hydrogens (tertiary/aromatic N) is 3. The molecule has 2 fully saturated rings. The molecule has 30 heavy (non-hydrogen) atoms. The molecular weight excluding hydrogens is 406 g/mol. The summed E-state index contributed by atoms with van der Waals surface area (Å²) in [7, 11) is 0. The topological polar surface area (TPSA) is 100 Å². The monoisotopic (exact) mass is 435 g/mol. The summed E-state index contributed by atoms with van der Waals surface area (Å²) in [6.07, 6.45) is 5.47.